The van der Waals surface area contributed by atoms with E-state index in [0.717, 1.165) is 0 Å². The van der Waals surface area contributed by atoms with E-state index < -0.39 is 15.9 Å². The molecule has 2 aliphatic rings. The van der Waals surface area contributed by atoms with Gasteiger partial charge < -0.3 is 15.0 Å². The van der Waals surface area contributed by atoms with Crippen LogP contribution in [0.4, 0.5) is 0 Å². The van der Waals surface area contributed by atoms with Crippen LogP contribution in [0.3, 0.4) is 0 Å². The molecule has 3 rings (SSSR count). The zero-order valence-electron chi connectivity index (χ0n) is 15.1. The van der Waals surface area contributed by atoms with E-state index in [4.69, 9.17) is 16.3 Å². The maximum Gasteiger partial charge on any atom is 0.254 e. The van der Waals surface area contributed by atoms with Crippen molar-refractivity contribution in [1.29, 1.82) is 0 Å². The van der Waals surface area contributed by atoms with E-state index in [1.807, 2.05) is 0 Å². The predicted molar refractivity (Wildman–Crippen MR) is 99.1 cm³/mol. The molecule has 27 heavy (non-hydrogen) atoms. The molecular weight excluding hydrogens is 394 g/mol. The van der Waals surface area contributed by atoms with E-state index in [0.29, 0.717) is 13.1 Å². The first-order chi connectivity index (χ1) is 12.7. The second-order valence-electron chi connectivity index (χ2n) is 6.80. The summed E-state index contributed by atoms with van der Waals surface area (Å²) in [4.78, 5) is 25.5. The lowest BCUT2D eigenvalue weighted by Crippen LogP contribution is -2.50. The van der Waals surface area contributed by atoms with Gasteiger partial charge in [-0.05, 0) is 32.0 Å². The Bertz CT molecular complexity index is 850. The summed E-state index contributed by atoms with van der Waals surface area (Å²) in [7, 11) is -3.88. The van der Waals surface area contributed by atoms with E-state index in [1.54, 1.807) is 13.8 Å². The quantitative estimate of drug-likeness (QED) is 0.784. The molecule has 0 bridgehead atoms. The Balaban J connectivity index is 1.90. The molecule has 2 heterocycles. The van der Waals surface area contributed by atoms with Crippen molar-refractivity contribution in [3.05, 3.63) is 28.8 Å². The SMILES string of the molecule is C[C@@H]1CN(S(=O)(=O)c2cc(C(=O)N3CCNC(=O)C3)ccc2Cl)C[C@@H](C)O1. The first-order valence-corrected chi connectivity index (χ1v) is 10.5. The van der Waals surface area contributed by atoms with Gasteiger partial charge in [0, 0.05) is 31.7 Å². The van der Waals surface area contributed by atoms with Crippen molar-refractivity contribution in [2.75, 3.05) is 32.7 Å². The summed E-state index contributed by atoms with van der Waals surface area (Å²) in [6.07, 6.45) is -0.474. The first kappa shape index (κ1) is 20.1. The first-order valence-electron chi connectivity index (χ1n) is 8.69. The highest BCUT2D eigenvalue weighted by molar-refractivity contribution is 7.89. The molecule has 1 aromatic carbocycles. The van der Waals surface area contributed by atoms with Gasteiger partial charge in [0.05, 0.1) is 23.8 Å². The number of carbonyl (C=O) groups excluding carboxylic acids is 2. The number of hydrogen-bond acceptors (Lipinski definition) is 5. The molecule has 0 unspecified atom stereocenters. The number of piperazine rings is 1. The van der Waals surface area contributed by atoms with Crippen LogP contribution >= 0.6 is 11.6 Å². The van der Waals surface area contributed by atoms with Crippen molar-refractivity contribution >= 4 is 33.4 Å². The number of nitrogens with zero attached hydrogens (tertiary/aromatic N) is 2. The van der Waals surface area contributed by atoms with Crippen molar-refractivity contribution in [2.45, 2.75) is 31.0 Å². The average Bonchev–Trinajstić information content (AvgIpc) is 2.60. The maximum atomic E-state index is 13.1. The Kier molecular flexibility index (Phi) is 5.76. The van der Waals surface area contributed by atoms with E-state index in [-0.39, 0.29) is 53.2 Å². The van der Waals surface area contributed by atoms with Gasteiger partial charge in [0.1, 0.15) is 4.90 Å². The van der Waals surface area contributed by atoms with Gasteiger partial charge >= 0.3 is 0 Å². The molecule has 2 atom stereocenters. The van der Waals surface area contributed by atoms with Gasteiger partial charge in [0.2, 0.25) is 15.9 Å². The number of nitrogens with one attached hydrogen (secondary N) is 1. The van der Waals surface area contributed by atoms with Crippen molar-refractivity contribution in [1.82, 2.24) is 14.5 Å². The normalized spacial score (nSPS) is 24.6. The summed E-state index contributed by atoms with van der Waals surface area (Å²) in [6, 6.07) is 4.16. The smallest absolute Gasteiger partial charge is 0.254 e. The number of ether oxygens (including phenoxy) is 1. The van der Waals surface area contributed by atoms with Crippen LogP contribution in [0.5, 0.6) is 0 Å². The topological polar surface area (TPSA) is 96.0 Å². The average molecular weight is 416 g/mol. The molecule has 10 heteroatoms. The molecule has 1 aromatic rings. The zero-order valence-corrected chi connectivity index (χ0v) is 16.7. The molecule has 0 saturated carbocycles. The third kappa shape index (κ3) is 4.26. The molecule has 0 radical (unpaired) electrons. The largest absolute Gasteiger partial charge is 0.373 e. The van der Waals surface area contributed by atoms with Crippen molar-refractivity contribution in [3.8, 4) is 0 Å². The highest BCUT2D eigenvalue weighted by Crippen LogP contribution is 2.28. The maximum absolute atomic E-state index is 13.1. The van der Waals surface area contributed by atoms with Gasteiger partial charge in [0.25, 0.3) is 5.91 Å². The van der Waals surface area contributed by atoms with Gasteiger partial charge in [-0.2, -0.15) is 4.31 Å². The van der Waals surface area contributed by atoms with E-state index in [2.05, 4.69) is 5.32 Å². The summed E-state index contributed by atoms with van der Waals surface area (Å²) < 4.78 is 33.1. The number of benzene rings is 1. The molecule has 148 valence electrons. The van der Waals surface area contributed by atoms with Crippen molar-refractivity contribution in [3.63, 3.8) is 0 Å². The monoisotopic (exact) mass is 415 g/mol. The number of morpholine rings is 1. The van der Waals surface area contributed by atoms with Crippen LogP contribution in [0.1, 0.15) is 24.2 Å². The second kappa shape index (κ2) is 7.75. The highest BCUT2D eigenvalue weighted by Gasteiger charge is 2.34. The fraction of sp³-hybridized carbons (Fsp3) is 0.529. The fourth-order valence-corrected chi connectivity index (χ4v) is 5.39. The van der Waals surface area contributed by atoms with Crippen LogP contribution in [-0.2, 0) is 19.6 Å². The number of halogens is 1. The standard InChI is InChI=1S/C17H22ClN3O5S/c1-11-8-21(9-12(2)26-11)27(24,25)15-7-13(3-4-14(15)18)17(23)20-6-5-19-16(22)10-20/h3-4,7,11-12H,5-6,8-10H2,1-2H3,(H,19,22)/t11-,12-/m1/s1. The lowest BCUT2D eigenvalue weighted by Gasteiger charge is -2.34. The fourth-order valence-electron chi connectivity index (χ4n) is 3.29. The molecular formula is C17H22ClN3O5S. The predicted octanol–water partition coefficient (Wildman–Crippen LogP) is 0.710. The highest BCUT2D eigenvalue weighted by atomic mass is 35.5. The van der Waals surface area contributed by atoms with Crippen LogP contribution in [0.15, 0.2) is 23.1 Å². The van der Waals surface area contributed by atoms with Crippen LogP contribution in [0, 0.1) is 0 Å². The lowest BCUT2D eigenvalue weighted by atomic mass is 10.2. The van der Waals surface area contributed by atoms with Crippen LogP contribution < -0.4 is 5.32 Å². The molecule has 1 N–H and O–H groups in total. The molecule has 2 aliphatic heterocycles. The molecule has 8 nitrogen and oxygen atoms in total. The molecule has 2 fully saturated rings. The van der Waals surface area contributed by atoms with Crippen molar-refractivity contribution < 1.29 is 22.7 Å². The summed E-state index contributed by atoms with van der Waals surface area (Å²) >= 11 is 6.16. The number of sulfonamides is 1. The molecule has 0 aliphatic carbocycles. The second-order valence-corrected chi connectivity index (χ2v) is 9.11. The number of carbonyl (C=O) groups is 2. The van der Waals surface area contributed by atoms with Gasteiger partial charge in [-0.1, -0.05) is 11.6 Å². The molecule has 0 aromatic heterocycles. The Labute approximate surface area is 163 Å². The summed E-state index contributed by atoms with van der Waals surface area (Å²) in [5, 5.41) is 2.70. The Morgan fingerprint density at radius 2 is 1.93 bits per heavy atom. The third-order valence-electron chi connectivity index (χ3n) is 4.51. The van der Waals surface area contributed by atoms with E-state index in [1.165, 1.54) is 27.4 Å². The number of hydrogen-bond donors (Lipinski definition) is 1. The zero-order chi connectivity index (χ0) is 19.8. The number of rotatable bonds is 3. The minimum Gasteiger partial charge on any atom is -0.373 e. The van der Waals surface area contributed by atoms with Gasteiger partial charge in [-0.3, -0.25) is 9.59 Å². The summed E-state index contributed by atoms with van der Waals surface area (Å²) in [5.41, 5.74) is 0.182. The van der Waals surface area contributed by atoms with Gasteiger partial charge in [-0.25, -0.2) is 8.42 Å². The van der Waals surface area contributed by atoms with E-state index in [9.17, 15) is 18.0 Å². The summed E-state index contributed by atoms with van der Waals surface area (Å²) in [6.45, 7) is 4.73. The number of amides is 2. The van der Waals surface area contributed by atoms with Crippen molar-refractivity contribution in [2.24, 2.45) is 0 Å². The third-order valence-corrected chi connectivity index (χ3v) is 6.82. The van der Waals surface area contributed by atoms with Gasteiger partial charge in [0.15, 0.2) is 0 Å². The van der Waals surface area contributed by atoms with Gasteiger partial charge in [-0.15, -0.1) is 0 Å². The summed E-state index contributed by atoms with van der Waals surface area (Å²) in [5.74, 6) is -0.644. The molecule has 0 spiro atoms. The Morgan fingerprint density at radius 1 is 1.26 bits per heavy atom. The Morgan fingerprint density at radius 3 is 2.56 bits per heavy atom. The van der Waals surface area contributed by atoms with E-state index >= 15 is 0 Å². The lowest BCUT2D eigenvalue weighted by molar-refractivity contribution is -0.123. The Hall–Kier alpha value is -1.68. The van der Waals surface area contributed by atoms with Crippen LogP contribution in [0.25, 0.3) is 0 Å². The minimum absolute atomic E-state index is 0.0507. The minimum atomic E-state index is -3.88. The van der Waals surface area contributed by atoms with Crippen LogP contribution in [0.2, 0.25) is 5.02 Å². The molecule has 2 saturated heterocycles. The molecule has 2 amide bonds. The van der Waals surface area contributed by atoms with Crippen LogP contribution in [-0.4, -0.2) is 74.4 Å².